The quantitative estimate of drug-likeness (QED) is 0.686. The van der Waals surface area contributed by atoms with Gasteiger partial charge in [0.1, 0.15) is 6.61 Å². The molecule has 0 N–H and O–H groups in total. The van der Waals surface area contributed by atoms with Crippen LogP contribution in [-0.4, -0.2) is 24.1 Å². The van der Waals surface area contributed by atoms with Crippen molar-refractivity contribution in [2.45, 2.75) is 84.7 Å². The lowest BCUT2D eigenvalue weighted by molar-refractivity contribution is -0.209. The molecule has 4 rings (SSSR count). The van der Waals surface area contributed by atoms with Crippen molar-refractivity contribution in [2.75, 3.05) is 6.61 Å². The van der Waals surface area contributed by atoms with Gasteiger partial charge in [0.05, 0.1) is 18.0 Å². The van der Waals surface area contributed by atoms with Gasteiger partial charge in [-0.1, -0.05) is 26.8 Å². The van der Waals surface area contributed by atoms with E-state index in [0.717, 1.165) is 18.3 Å². The molecule has 3 heteroatoms. The maximum absolute atomic E-state index is 6.67. The molecular weight excluding hydrogens is 300 g/mol. The number of hydrogen-bond acceptors (Lipinski definition) is 3. The monoisotopic (exact) mass is 334 g/mol. The van der Waals surface area contributed by atoms with Crippen LogP contribution in [0.25, 0.3) is 0 Å². The zero-order valence-corrected chi connectivity index (χ0v) is 16.2. The van der Waals surface area contributed by atoms with Crippen LogP contribution in [0.5, 0.6) is 0 Å². The zero-order valence-electron chi connectivity index (χ0n) is 16.2. The molecule has 0 aromatic heterocycles. The van der Waals surface area contributed by atoms with Crippen LogP contribution >= 0.6 is 0 Å². The van der Waals surface area contributed by atoms with Crippen LogP contribution in [0, 0.1) is 28.6 Å². The van der Waals surface area contributed by atoms with Crippen molar-refractivity contribution in [2.24, 2.45) is 28.6 Å². The molecule has 4 fully saturated rings. The van der Waals surface area contributed by atoms with Crippen molar-refractivity contribution in [1.29, 1.82) is 0 Å². The lowest BCUT2D eigenvalue weighted by atomic mass is 9.63. The summed E-state index contributed by atoms with van der Waals surface area (Å²) in [7, 11) is 0. The van der Waals surface area contributed by atoms with Gasteiger partial charge in [-0.25, -0.2) is 0 Å². The Hall–Kier alpha value is -0.540. The van der Waals surface area contributed by atoms with Crippen molar-refractivity contribution in [3.05, 3.63) is 12.3 Å². The molecule has 24 heavy (non-hydrogen) atoms. The average Bonchev–Trinajstić information content (AvgIpc) is 3.01. The minimum atomic E-state index is -0.631. The molecule has 1 saturated heterocycles. The highest BCUT2D eigenvalue weighted by molar-refractivity contribution is 5.21. The summed E-state index contributed by atoms with van der Waals surface area (Å²) in [5, 5.41) is 0. The van der Waals surface area contributed by atoms with E-state index >= 15 is 0 Å². The SMILES string of the molecule is CC=COC[C@@]1(C)O[C@H]2C[C@@]34C[C@H](C(C)(C)[C@@H]3CC[C@H]4C)[C@@]2(C)O1. The Balaban J connectivity index is 1.66. The van der Waals surface area contributed by atoms with Crippen LogP contribution in [0.4, 0.5) is 0 Å². The van der Waals surface area contributed by atoms with Gasteiger partial charge in [-0.15, -0.1) is 0 Å². The number of allylic oxidation sites excluding steroid dienone is 1. The van der Waals surface area contributed by atoms with E-state index in [0.29, 0.717) is 23.4 Å². The van der Waals surface area contributed by atoms with E-state index in [4.69, 9.17) is 14.2 Å². The lowest BCUT2D eigenvalue weighted by Gasteiger charge is -2.47. The maximum Gasteiger partial charge on any atom is 0.200 e. The Morgan fingerprint density at radius 1 is 1.08 bits per heavy atom. The first-order valence-corrected chi connectivity index (χ1v) is 9.79. The predicted molar refractivity (Wildman–Crippen MR) is 94.4 cm³/mol. The van der Waals surface area contributed by atoms with Gasteiger partial charge in [-0.2, -0.15) is 0 Å². The molecule has 3 aliphatic carbocycles. The highest BCUT2D eigenvalue weighted by Gasteiger charge is 2.74. The lowest BCUT2D eigenvalue weighted by Crippen LogP contribution is -2.52. The molecule has 4 aliphatic rings. The molecule has 0 radical (unpaired) electrons. The summed E-state index contributed by atoms with van der Waals surface area (Å²) in [4.78, 5) is 0. The fourth-order valence-corrected chi connectivity index (χ4v) is 7.26. The summed E-state index contributed by atoms with van der Waals surface area (Å²) in [6, 6.07) is 0. The van der Waals surface area contributed by atoms with E-state index in [1.807, 2.05) is 19.9 Å². The van der Waals surface area contributed by atoms with Crippen LogP contribution in [0.2, 0.25) is 0 Å². The van der Waals surface area contributed by atoms with E-state index in [9.17, 15) is 0 Å². The molecule has 0 aromatic carbocycles. The second-order valence-electron chi connectivity index (χ2n) is 9.85. The van der Waals surface area contributed by atoms with Crippen LogP contribution in [0.15, 0.2) is 12.3 Å². The van der Waals surface area contributed by atoms with Crippen molar-refractivity contribution < 1.29 is 14.2 Å². The van der Waals surface area contributed by atoms with Crippen LogP contribution in [0.3, 0.4) is 0 Å². The van der Waals surface area contributed by atoms with Gasteiger partial charge in [0.15, 0.2) is 0 Å². The Kier molecular flexibility index (Phi) is 3.53. The van der Waals surface area contributed by atoms with Gasteiger partial charge < -0.3 is 14.2 Å². The number of rotatable bonds is 3. The highest BCUT2D eigenvalue weighted by atomic mass is 16.8. The van der Waals surface area contributed by atoms with E-state index in [2.05, 4.69) is 27.7 Å². The number of hydrogen-bond donors (Lipinski definition) is 0. The van der Waals surface area contributed by atoms with E-state index < -0.39 is 5.79 Å². The molecule has 3 nitrogen and oxygen atoms in total. The maximum atomic E-state index is 6.67. The number of ether oxygens (including phenoxy) is 3. The van der Waals surface area contributed by atoms with Crippen molar-refractivity contribution >= 4 is 0 Å². The normalized spacial score (nSPS) is 54.9. The molecule has 2 bridgehead atoms. The summed E-state index contributed by atoms with van der Waals surface area (Å²) in [5.74, 6) is 1.57. The standard InChI is InChI=1S/C21H34O3/c1-7-10-22-13-19(5)23-17-12-21-11-16(20(17,6)24-19)18(3,4)15(21)9-8-14(21)2/h7,10,14-17H,8-9,11-13H2,1-6H3/t14-,15+,16-,17+,19+,20-,21-/m1/s1. The van der Waals surface area contributed by atoms with E-state index in [1.165, 1.54) is 19.3 Å². The highest BCUT2D eigenvalue weighted by Crippen LogP contribution is 2.75. The summed E-state index contributed by atoms with van der Waals surface area (Å²) in [6.07, 6.45) is 9.07. The first-order chi connectivity index (χ1) is 11.2. The predicted octanol–water partition coefficient (Wildman–Crippen LogP) is 4.91. The third-order valence-electron chi connectivity index (χ3n) is 8.25. The second-order valence-corrected chi connectivity index (χ2v) is 9.85. The molecule has 0 aromatic rings. The summed E-state index contributed by atoms with van der Waals surface area (Å²) in [6.45, 7) is 14.2. The fraction of sp³-hybridized carbons (Fsp3) is 0.905. The molecular formula is C21H34O3. The Morgan fingerprint density at radius 3 is 2.54 bits per heavy atom. The molecule has 136 valence electrons. The van der Waals surface area contributed by atoms with E-state index in [1.54, 1.807) is 6.26 Å². The van der Waals surface area contributed by atoms with Crippen LogP contribution in [-0.2, 0) is 14.2 Å². The topological polar surface area (TPSA) is 27.7 Å². The molecule has 1 spiro atoms. The summed E-state index contributed by atoms with van der Waals surface area (Å²) < 4.78 is 18.8. The summed E-state index contributed by atoms with van der Waals surface area (Å²) in [5.41, 5.74) is 0.608. The first-order valence-electron chi connectivity index (χ1n) is 9.79. The molecule has 0 unspecified atom stereocenters. The molecule has 1 aliphatic heterocycles. The second kappa shape index (κ2) is 5.01. The Labute approximate surface area is 147 Å². The Bertz CT molecular complexity index is 555. The molecule has 7 atom stereocenters. The fourth-order valence-electron chi connectivity index (χ4n) is 7.26. The number of fused-ring (bicyclic) bond motifs is 3. The van der Waals surface area contributed by atoms with Gasteiger partial charge in [-0.05, 0) is 75.0 Å². The average molecular weight is 335 g/mol. The van der Waals surface area contributed by atoms with Crippen molar-refractivity contribution in [3.8, 4) is 0 Å². The van der Waals surface area contributed by atoms with Gasteiger partial charge in [0.2, 0.25) is 5.79 Å². The largest absolute Gasteiger partial charge is 0.496 e. The molecule has 0 amide bonds. The van der Waals surface area contributed by atoms with Crippen molar-refractivity contribution in [1.82, 2.24) is 0 Å². The van der Waals surface area contributed by atoms with Gasteiger partial charge in [0, 0.05) is 0 Å². The van der Waals surface area contributed by atoms with Gasteiger partial charge in [0.25, 0.3) is 0 Å². The van der Waals surface area contributed by atoms with Gasteiger partial charge >= 0.3 is 0 Å². The molecule has 1 heterocycles. The molecule has 3 saturated carbocycles. The van der Waals surface area contributed by atoms with Crippen LogP contribution < -0.4 is 0 Å². The first kappa shape index (κ1) is 16.9. The van der Waals surface area contributed by atoms with Crippen LogP contribution in [0.1, 0.15) is 67.2 Å². The van der Waals surface area contributed by atoms with Crippen molar-refractivity contribution in [3.63, 3.8) is 0 Å². The van der Waals surface area contributed by atoms with E-state index in [-0.39, 0.29) is 11.7 Å². The minimum Gasteiger partial charge on any atom is -0.496 e. The third-order valence-corrected chi connectivity index (χ3v) is 8.25. The third kappa shape index (κ3) is 1.97. The van der Waals surface area contributed by atoms with Gasteiger partial charge in [-0.3, -0.25) is 0 Å². The smallest absolute Gasteiger partial charge is 0.200 e. The minimum absolute atomic E-state index is 0.188. The zero-order chi connectivity index (χ0) is 17.4. The summed E-state index contributed by atoms with van der Waals surface area (Å²) >= 11 is 0. The Morgan fingerprint density at radius 2 is 1.83 bits per heavy atom.